The van der Waals surface area contributed by atoms with E-state index in [9.17, 15) is 22.4 Å². The number of nitrogens with one attached hydrogen (secondary N) is 1. The van der Waals surface area contributed by atoms with Gasteiger partial charge in [-0.2, -0.15) is 13.2 Å². The maximum absolute atomic E-state index is 13.9. The second-order valence-electron chi connectivity index (χ2n) is 5.19. The maximum atomic E-state index is 13.9. The summed E-state index contributed by atoms with van der Waals surface area (Å²) in [5, 5.41) is 2.53. The van der Waals surface area contributed by atoms with E-state index in [-0.39, 0.29) is 12.1 Å². The number of hydrogen-bond acceptors (Lipinski definition) is 2. The van der Waals surface area contributed by atoms with Crippen molar-refractivity contribution in [1.29, 1.82) is 0 Å². The molecule has 1 fully saturated rings. The molecule has 1 aromatic carbocycles. The summed E-state index contributed by atoms with van der Waals surface area (Å²) in [5.41, 5.74) is 3.80. The minimum atomic E-state index is -4.83. The van der Waals surface area contributed by atoms with E-state index in [0.717, 1.165) is 31.4 Å². The minimum Gasteiger partial charge on any atom is -0.348 e. The molecule has 7 heteroatoms. The molecule has 2 atom stereocenters. The summed E-state index contributed by atoms with van der Waals surface area (Å²) < 4.78 is 51.7. The normalized spacial score (nSPS) is 22.9. The smallest absolute Gasteiger partial charge is 0.348 e. The van der Waals surface area contributed by atoms with E-state index in [1.165, 1.54) is 0 Å². The van der Waals surface area contributed by atoms with E-state index in [0.29, 0.717) is 12.5 Å². The average molecular weight is 304 g/mol. The summed E-state index contributed by atoms with van der Waals surface area (Å²) in [5.74, 6) is -2.41. The van der Waals surface area contributed by atoms with E-state index < -0.39 is 29.0 Å². The Morgan fingerprint density at radius 1 is 1.24 bits per heavy atom. The number of alkyl halides is 3. The Labute approximate surface area is 119 Å². The highest BCUT2D eigenvalue weighted by Gasteiger charge is 2.36. The summed E-state index contributed by atoms with van der Waals surface area (Å²) in [6.45, 7) is 0. The van der Waals surface area contributed by atoms with Crippen molar-refractivity contribution in [3.63, 3.8) is 0 Å². The monoisotopic (exact) mass is 304 g/mol. The first kappa shape index (κ1) is 15.8. The zero-order valence-electron chi connectivity index (χ0n) is 11.2. The van der Waals surface area contributed by atoms with Gasteiger partial charge in [0.25, 0.3) is 5.91 Å². The van der Waals surface area contributed by atoms with E-state index in [1.54, 1.807) is 0 Å². The molecule has 0 unspecified atom stereocenters. The molecule has 1 aliphatic rings. The van der Waals surface area contributed by atoms with Gasteiger partial charge in [0.2, 0.25) is 0 Å². The van der Waals surface area contributed by atoms with E-state index in [4.69, 9.17) is 5.73 Å². The number of carbonyl (C=O) groups excluding carboxylic acids is 1. The van der Waals surface area contributed by atoms with Crippen LogP contribution < -0.4 is 11.1 Å². The van der Waals surface area contributed by atoms with Gasteiger partial charge in [-0.1, -0.05) is 18.9 Å². The standard InChI is InChI=1S/C14H16F4N2O/c15-12-8(4-3-5-9(12)14(16,17)18)13(21)20-11-7-2-1-6-10(11)19/h3-5,10-11H,1-2,6-7,19H2,(H,20,21)/t10-,11-/m1/s1. The van der Waals surface area contributed by atoms with Crippen LogP contribution in [0.3, 0.4) is 0 Å². The highest BCUT2D eigenvalue weighted by atomic mass is 19.4. The molecule has 21 heavy (non-hydrogen) atoms. The van der Waals surface area contributed by atoms with Crippen LogP contribution in [0.5, 0.6) is 0 Å². The van der Waals surface area contributed by atoms with Crippen LogP contribution in [0.1, 0.15) is 41.6 Å². The van der Waals surface area contributed by atoms with Crippen LogP contribution in [-0.4, -0.2) is 18.0 Å². The third-order valence-corrected chi connectivity index (χ3v) is 3.68. The zero-order valence-corrected chi connectivity index (χ0v) is 11.2. The lowest BCUT2D eigenvalue weighted by molar-refractivity contribution is -0.140. The van der Waals surface area contributed by atoms with Crippen molar-refractivity contribution in [1.82, 2.24) is 5.32 Å². The molecule has 3 nitrogen and oxygen atoms in total. The molecule has 2 rings (SSSR count). The zero-order chi connectivity index (χ0) is 15.6. The molecule has 0 aromatic heterocycles. The third kappa shape index (κ3) is 3.53. The SMILES string of the molecule is N[C@@H]1CCCC[C@H]1NC(=O)c1cccc(C(F)(F)F)c1F. The molecular weight excluding hydrogens is 288 g/mol. The van der Waals surface area contributed by atoms with Gasteiger partial charge in [-0.15, -0.1) is 0 Å². The highest BCUT2D eigenvalue weighted by molar-refractivity contribution is 5.95. The molecule has 1 aliphatic carbocycles. The molecule has 3 N–H and O–H groups in total. The highest BCUT2D eigenvalue weighted by Crippen LogP contribution is 2.32. The Morgan fingerprint density at radius 3 is 2.52 bits per heavy atom. The van der Waals surface area contributed by atoms with Crippen LogP contribution in [0.4, 0.5) is 17.6 Å². The largest absolute Gasteiger partial charge is 0.419 e. The van der Waals surface area contributed by atoms with Gasteiger partial charge < -0.3 is 11.1 Å². The first-order valence-corrected chi connectivity index (χ1v) is 6.73. The van der Waals surface area contributed by atoms with Gasteiger partial charge in [-0.05, 0) is 25.0 Å². The second-order valence-corrected chi connectivity index (χ2v) is 5.19. The summed E-state index contributed by atoms with van der Waals surface area (Å²) in [6.07, 6.45) is -1.62. The second kappa shape index (κ2) is 6.01. The lowest BCUT2D eigenvalue weighted by Crippen LogP contribution is -2.49. The number of halogens is 4. The maximum Gasteiger partial charge on any atom is 0.419 e. The number of rotatable bonds is 2. The fourth-order valence-corrected chi connectivity index (χ4v) is 2.51. The lowest BCUT2D eigenvalue weighted by Gasteiger charge is -2.29. The Hall–Kier alpha value is -1.63. The van der Waals surface area contributed by atoms with Gasteiger partial charge in [0.15, 0.2) is 0 Å². The van der Waals surface area contributed by atoms with Crippen molar-refractivity contribution >= 4 is 5.91 Å². The van der Waals surface area contributed by atoms with Crippen molar-refractivity contribution in [3.05, 3.63) is 35.1 Å². The molecule has 0 heterocycles. The molecule has 1 saturated carbocycles. The fraction of sp³-hybridized carbons (Fsp3) is 0.500. The fourth-order valence-electron chi connectivity index (χ4n) is 2.51. The molecule has 1 aromatic rings. The van der Waals surface area contributed by atoms with E-state index >= 15 is 0 Å². The molecule has 1 amide bonds. The van der Waals surface area contributed by atoms with E-state index in [2.05, 4.69) is 5.32 Å². The summed E-state index contributed by atoms with van der Waals surface area (Å²) in [4.78, 5) is 12.0. The van der Waals surface area contributed by atoms with E-state index in [1.807, 2.05) is 0 Å². The third-order valence-electron chi connectivity index (χ3n) is 3.68. The van der Waals surface area contributed by atoms with Crippen molar-refractivity contribution in [2.24, 2.45) is 5.73 Å². The number of amides is 1. The number of hydrogen-bond donors (Lipinski definition) is 2. The average Bonchev–Trinajstić information content (AvgIpc) is 2.40. The van der Waals surface area contributed by atoms with Crippen LogP contribution >= 0.6 is 0 Å². The summed E-state index contributed by atoms with van der Waals surface area (Å²) in [7, 11) is 0. The summed E-state index contributed by atoms with van der Waals surface area (Å²) >= 11 is 0. The molecule has 0 aliphatic heterocycles. The summed E-state index contributed by atoms with van der Waals surface area (Å²) in [6, 6.07) is 2.07. The van der Waals surface area contributed by atoms with Crippen LogP contribution in [0.25, 0.3) is 0 Å². The van der Waals surface area contributed by atoms with Crippen molar-refractivity contribution in [3.8, 4) is 0 Å². The quantitative estimate of drug-likeness (QED) is 0.826. The lowest BCUT2D eigenvalue weighted by atomic mass is 9.91. The molecule has 0 spiro atoms. The Morgan fingerprint density at radius 2 is 1.90 bits per heavy atom. The first-order chi connectivity index (χ1) is 9.80. The minimum absolute atomic E-state index is 0.253. The van der Waals surface area contributed by atoms with Gasteiger partial charge in [0, 0.05) is 12.1 Å². The molecular formula is C14H16F4N2O. The van der Waals surface area contributed by atoms with Gasteiger partial charge in [-0.3, -0.25) is 4.79 Å². The van der Waals surface area contributed by atoms with Crippen LogP contribution in [0.15, 0.2) is 18.2 Å². The molecule has 0 saturated heterocycles. The Balaban J connectivity index is 2.20. The Bertz CT molecular complexity index is 530. The Kier molecular flexibility index (Phi) is 4.51. The van der Waals surface area contributed by atoms with Crippen LogP contribution in [0.2, 0.25) is 0 Å². The molecule has 0 radical (unpaired) electrons. The predicted molar refractivity (Wildman–Crippen MR) is 69.1 cm³/mol. The van der Waals surface area contributed by atoms with Crippen molar-refractivity contribution in [2.45, 2.75) is 43.9 Å². The van der Waals surface area contributed by atoms with Gasteiger partial charge >= 0.3 is 6.18 Å². The van der Waals surface area contributed by atoms with Gasteiger partial charge in [0.05, 0.1) is 11.1 Å². The first-order valence-electron chi connectivity index (χ1n) is 6.73. The van der Waals surface area contributed by atoms with Crippen molar-refractivity contribution in [2.75, 3.05) is 0 Å². The number of nitrogens with two attached hydrogens (primary N) is 1. The molecule has 116 valence electrons. The van der Waals surface area contributed by atoms with Crippen LogP contribution in [0, 0.1) is 5.82 Å². The number of benzene rings is 1. The van der Waals surface area contributed by atoms with Crippen molar-refractivity contribution < 1.29 is 22.4 Å². The number of carbonyl (C=O) groups is 1. The van der Waals surface area contributed by atoms with Crippen LogP contribution in [-0.2, 0) is 6.18 Å². The topological polar surface area (TPSA) is 55.1 Å². The predicted octanol–water partition coefficient (Wildman–Crippen LogP) is 2.84. The van der Waals surface area contributed by atoms with Gasteiger partial charge in [0.1, 0.15) is 5.82 Å². The molecule has 0 bridgehead atoms. The van der Waals surface area contributed by atoms with Gasteiger partial charge in [-0.25, -0.2) is 4.39 Å².